The summed E-state index contributed by atoms with van der Waals surface area (Å²) >= 11 is 0. The zero-order chi connectivity index (χ0) is 18.5. The van der Waals surface area contributed by atoms with Crippen LogP contribution in [0.5, 0.6) is 0 Å². The molecule has 0 atom stereocenters. The van der Waals surface area contributed by atoms with Crippen molar-refractivity contribution in [3.63, 3.8) is 0 Å². The van der Waals surface area contributed by atoms with E-state index >= 15 is 0 Å². The Bertz CT molecular complexity index is 900. The number of carbonyl (C=O) groups excluding carboxylic acids is 1. The number of rotatable bonds is 3. The third-order valence-electron chi connectivity index (χ3n) is 5.05. The molecule has 0 spiro atoms. The summed E-state index contributed by atoms with van der Waals surface area (Å²) in [5, 5.41) is 0. The van der Waals surface area contributed by atoms with Gasteiger partial charge in [-0.25, -0.2) is 23.7 Å². The SMILES string of the molecule is CC(=NC(=O)c1ncn2c(C)cc(N3CCCC(F)(F)C3)nc12)C1CC1. The molecule has 0 unspecified atom stereocenters. The third kappa shape index (κ3) is 3.20. The minimum Gasteiger partial charge on any atom is -0.350 e. The van der Waals surface area contributed by atoms with Gasteiger partial charge in [-0.3, -0.25) is 9.20 Å². The zero-order valence-corrected chi connectivity index (χ0v) is 14.9. The van der Waals surface area contributed by atoms with Gasteiger partial charge >= 0.3 is 0 Å². The first-order valence-electron chi connectivity index (χ1n) is 8.91. The van der Waals surface area contributed by atoms with E-state index in [0.717, 1.165) is 24.2 Å². The van der Waals surface area contributed by atoms with Crippen LogP contribution in [-0.2, 0) is 0 Å². The molecule has 26 heavy (non-hydrogen) atoms. The molecule has 2 aromatic heterocycles. The predicted octanol–water partition coefficient (Wildman–Crippen LogP) is 3.28. The number of carbonyl (C=O) groups is 1. The predicted molar refractivity (Wildman–Crippen MR) is 94.3 cm³/mol. The molecule has 0 bridgehead atoms. The molecular weight excluding hydrogens is 340 g/mol. The Hall–Kier alpha value is -2.38. The summed E-state index contributed by atoms with van der Waals surface area (Å²) in [4.78, 5) is 26.9. The largest absolute Gasteiger partial charge is 0.350 e. The lowest BCUT2D eigenvalue weighted by Crippen LogP contribution is -2.43. The molecule has 1 aliphatic heterocycles. The number of anilines is 1. The number of aliphatic imine (C=N–C) groups is 1. The molecule has 8 heteroatoms. The Balaban J connectivity index is 1.71. The van der Waals surface area contributed by atoms with Crippen LogP contribution in [0.4, 0.5) is 14.6 Å². The van der Waals surface area contributed by atoms with E-state index in [1.807, 2.05) is 13.8 Å². The molecule has 6 nitrogen and oxygen atoms in total. The van der Waals surface area contributed by atoms with Gasteiger partial charge in [0.25, 0.3) is 11.8 Å². The summed E-state index contributed by atoms with van der Waals surface area (Å²) in [6.45, 7) is 3.86. The minimum atomic E-state index is -2.72. The number of aryl methyl sites for hydroxylation is 1. The van der Waals surface area contributed by atoms with Crippen LogP contribution >= 0.6 is 0 Å². The fourth-order valence-corrected chi connectivity index (χ4v) is 3.38. The van der Waals surface area contributed by atoms with Gasteiger partial charge in [-0.1, -0.05) is 0 Å². The summed E-state index contributed by atoms with van der Waals surface area (Å²) in [5.41, 5.74) is 2.14. The molecule has 1 amide bonds. The maximum atomic E-state index is 13.8. The molecule has 1 aliphatic carbocycles. The van der Waals surface area contributed by atoms with E-state index in [1.54, 1.807) is 15.4 Å². The minimum absolute atomic E-state index is 0.101. The summed E-state index contributed by atoms with van der Waals surface area (Å²) in [7, 11) is 0. The Morgan fingerprint density at radius 2 is 2.15 bits per heavy atom. The van der Waals surface area contributed by atoms with Crippen LogP contribution in [0, 0.1) is 12.8 Å². The lowest BCUT2D eigenvalue weighted by atomic mass is 10.1. The highest BCUT2D eigenvalue weighted by Gasteiger charge is 2.36. The molecule has 2 aliphatic rings. The van der Waals surface area contributed by atoms with Gasteiger partial charge in [-0.2, -0.15) is 0 Å². The van der Waals surface area contributed by atoms with Crippen LogP contribution in [0.15, 0.2) is 17.4 Å². The van der Waals surface area contributed by atoms with Gasteiger partial charge in [0.2, 0.25) is 0 Å². The lowest BCUT2D eigenvalue weighted by Gasteiger charge is -2.33. The van der Waals surface area contributed by atoms with Crippen LogP contribution in [0.25, 0.3) is 5.65 Å². The fourth-order valence-electron chi connectivity index (χ4n) is 3.38. The third-order valence-corrected chi connectivity index (χ3v) is 5.05. The number of halogens is 2. The monoisotopic (exact) mass is 361 g/mol. The van der Waals surface area contributed by atoms with Crippen molar-refractivity contribution in [1.29, 1.82) is 0 Å². The summed E-state index contributed by atoms with van der Waals surface area (Å²) in [6.07, 6.45) is 3.97. The van der Waals surface area contributed by atoms with Crippen molar-refractivity contribution in [3.05, 3.63) is 23.8 Å². The second kappa shape index (κ2) is 6.10. The molecule has 138 valence electrons. The van der Waals surface area contributed by atoms with E-state index in [9.17, 15) is 13.6 Å². The smallest absolute Gasteiger partial charge is 0.299 e. The van der Waals surface area contributed by atoms with Crippen molar-refractivity contribution in [2.45, 2.75) is 45.5 Å². The van der Waals surface area contributed by atoms with Crippen LogP contribution in [0.2, 0.25) is 0 Å². The summed E-state index contributed by atoms with van der Waals surface area (Å²) in [6, 6.07) is 1.75. The van der Waals surface area contributed by atoms with Crippen molar-refractivity contribution in [2.75, 3.05) is 18.0 Å². The number of amides is 1. The highest BCUT2D eigenvalue weighted by Crippen LogP contribution is 2.31. The van der Waals surface area contributed by atoms with Gasteiger partial charge in [-0.05, 0) is 39.0 Å². The van der Waals surface area contributed by atoms with E-state index in [0.29, 0.717) is 30.3 Å². The van der Waals surface area contributed by atoms with E-state index in [1.165, 1.54) is 6.33 Å². The topological polar surface area (TPSA) is 62.9 Å². The fraction of sp³-hybridized carbons (Fsp3) is 0.556. The second-order valence-electron chi connectivity index (χ2n) is 7.26. The summed E-state index contributed by atoms with van der Waals surface area (Å²) < 4.78 is 29.2. The normalized spacial score (nSPS) is 20.6. The molecule has 2 fully saturated rings. The Labute approximate surface area is 150 Å². The summed E-state index contributed by atoms with van der Waals surface area (Å²) in [5.74, 6) is -2.30. The van der Waals surface area contributed by atoms with Crippen LogP contribution in [0.1, 0.15) is 48.8 Å². The zero-order valence-electron chi connectivity index (χ0n) is 14.9. The molecule has 3 heterocycles. The van der Waals surface area contributed by atoms with E-state index in [4.69, 9.17) is 0 Å². The molecule has 0 radical (unpaired) electrons. The number of hydrogen-bond donors (Lipinski definition) is 0. The van der Waals surface area contributed by atoms with Crippen molar-refractivity contribution in [3.8, 4) is 0 Å². The Kier molecular flexibility index (Phi) is 4.00. The van der Waals surface area contributed by atoms with Gasteiger partial charge in [0.15, 0.2) is 11.3 Å². The highest BCUT2D eigenvalue weighted by atomic mass is 19.3. The Morgan fingerprint density at radius 3 is 2.85 bits per heavy atom. The van der Waals surface area contributed by atoms with Gasteiger partial charge in [0, 0.05) is 30.4 Å². The quantitative estimate of drug-likeness (QED) is 0.787. The molecule has 1 saturated heterocycles. The van der Waals surface area contributed by atoms with Gasteiger partial charge in [0.1, 0.15) is 12.1 Å². The number of imidazole rings is 1. The number of alkyl halides is 2. The van der Waals surface area contributed by atoms with Gasteiger partial charge in [0.05, 0.1) is 6.54 Å². The lowest BCUT2D eigenvalue weighted by molar-refractivity contribution is -0.0118. The standard InChI is InChI=1S/C18H21F2N5O/c1-11-8-14(24-7-3-6-18(19,20)9-24)23-16-15(21-10-25(11)16)17(26)22-12(2)13-4-5-13/h8,10,13H,3-7,9H2,1-2H3. The van der Waals surface area contributed by atoms with Crippen molar-refractivity contribution in [1.82, 2.24) is 14.4 Å². The first kappa shape index (κ1) is 17.1. The molecule has 4 rings (SSSR count). The number of nitrogens with zero attached hydrogens (tertiary/aromatic N) is 5. The highest BCUT2D eigenvalue weighted by molar-refractivity contribution is 6.06. The first-order valence-corrected chi connectivity index (χ1v) is 8.91. The maximum Gasteiger partial charge on any atom is 0.299 e. The van der Waals surface area contributed by atoms with Crippen molar-refractivity contribution in [2.24, 2.45) is 10.9 Å². The van der Waals surface area contributed by atoms with Crippen LogP contribution < -0.4 is 4.90 Å². The maximum absolute atomic E-state index is 13.8. The molecule has 0 N–H and O–H groups in total. The average molecular weight is 361 g/mol. The Morgan fingerprint density at radius 1 is 1.38 bits per heavy atom. The number of aromatic nitrogens is 3. The van der Waals surface area contributed by atoms with E-state index in [-0.39, 0.29) is 18.7 Å². The van der Waals surface area contributed by atoms with Crippen molar-refractivity contribution < 1.29 is 13.6 Å². The molecule has 2 aromatic rings. The first-order chi connectivity index (χ1) is 12.3. The van der Waals surface area contributed by atoms with E-state index < -0.39 is 11.8 Å². The second-order valence-corrected chi connectivity index (χ2v) is 7.26. The van der Waals surface area contributed by atoms with Gasteiger partial charge in [-0.15, -0.1) is 0 Å². The average Bonchev–Trinajstić information content (AvgIpc) is 3.33. The molecular formula is C18H21F2N5O. The number of hydrogen-bond acceptors (Lipinski definition) is 4. The molecule has 0 aromatic carbocycles. The van der Waals surface area contributed by atoms with Crippen LogP contribution in [0.3, 0.4) is 0 Å². The number of piperidine rings is 1. The van der Waals surface area contributed by atoms with Crippen LogP contribution in [-0.4, -0.2) is 45.0 Å². The van der Waals surface area contributed by atoms with E-state index in [2.05, 4.69) is 15.0 Å². The number of fused-ring (bicyclic) bond motifs is 1. The van der Waals surface area contributed by atoms with Gasteiger partial charge < -0.3 is 4.90 Å². The van der Waals surface area contributed by atoms with Crippen molar-refractivity contribution >= 4 is 23.1 Å². The molecule has 1 saturated carbocycles.